The van der Waals surface area contributed by atoms with Gasteiger partial charge in [-0.25, -0.2) is 0 Å². The van der Waals surface area contributed by atoms with Crippen molar-refractivity contribution in [3.8, 4) is 0 Å². The van der Waals surface area contributed by atoms with Crippen molar-refractivity contribution in [2.24, 2.45) is 5.41 Å². The predicted molar refractivity (Wildman–Crippen MR) is 99.6 cm³/mol. The van der Waals surface area contributed by atoms with Crippen LogP contribution in [0.4, 0.5) is 0 Å². The molecule has 0 N–H and O–H groups in total. The fourth-order valence-electron chi connectivity index (χ4n) is 2.54. The molecule has 0 atom stereocenters. The first-order valence-corrected chi connectivity index (χ1v) is 10.4. The minimum atomic E-state index is -0.332. The van der Waals surface area contributed by atoms with E-state index in [1.807, 2.05) is 13.8 Å². The Hall–Kier alpha value is -0.0500. The van der Waals surface area contributed by atoms with Crippen LogP contribution in [0.2, 0.25) is 0 Å². The van der Waals surface area contributed by atoms with E-state index in [0.29, 0.717) is 6.61 Å². The zero-order chi connectivity index (χ0) is 16.7. The molecule has 0 amide bonds. The molecule has 0 aromatic rings. The van der Waals surface area contributed by atoms with Crippen LogP contribution in [0.15, 0.2) is 0 Å². The van der Waals surface area contributed by atoms with Gasteiger partial charge in [0.15, 0.2) is 0 Å². The number of hydrogen-bond acceptors (Lipinski definition) is 2. The number of rotatable bonds is 15. The lowest BCUT2D eigenvalue weighted by atomic mass is 9.87. The topological polar surface area (TPSA) is 26.3 Å². The molecule has 0 fully saturated rings. The summed E-state index contributed by atoms with van der Waals surface area (Å²) in [5.41, 5.74) is -0.332. The lowest BCUT2D eigenvalue weighted by Gasteiger charge is -2.22. The highest BCUT2D eigenvalue weighted by molar-refractivity contribution is 9.09. The lowest BCUT2D eigenvalue weighted by molar-refractivity contribution is -0.154. The summed E-state index contributed by atoms with van der Waals surface area (Å²) in [5.74, 6) is -0.0263. The number of esters is 1. The van der Waals surface area contributed by atoms with Crippen molar-refractivity contribution in [1.29, 1.82) is 0 Å². The number of alkyl halides is 1. The van der Waals surface area contributed by atoms with Crippen LogP contribution in [-0.2, 0) is 9.53 Å². The maximum absolute atomic E-state index is 12.1. The monoisotopic (exact) mass is 376 g/mol. The molecule has 0 radical (unpaired) electrons. The van der Waals surface area contributed by atoms with Gasteiger partial charge in [0.25, 0.3) is 0 Å². The highest BCUT2D eigenvalue weighted by Gasteiger charge is 2.28. The Balaban J connectivity index is 3.47. The van der Waals surface area contributed by atoms with E-state index in [-0.39, 0.29) is 11.4 Å². The Kier molecular flexibility index (Phi) is 14.5. The van der Waals surface area contributed by atoms with Crippen molar-refractivity contribution in [3.05, 3.63) is 0 Å². The van der Waals surface area contributed by atoms with Gasteiger partial charge in [-0.1, -0.05) is 80.6 Å². The van der Waals surface area contributed by atoms with Gasteiger partial charge in [-0.05, 0) is 33.1 Å². The number of hydrogen-bond donors (Lipinski definition) is 0. The van der Waals surface area contributed by atoms with Crippen LogP contribution in [0.5, 0.6) is 0 Å². The molecule has 0 aliphatic heterocycles. The van der Waals surface area contributed by atoms with Gasteiger partial charge in [-0.15, -0.1) is 0 Å². The highest BCUT2D eigenvalue weighted by atomic mass is 79.9. The largest absolute Gasteiger partial charge is 0.465 e. The first-order valence-electron chi connectivity index (χ1n) is 9.27. The number of unbranched alkanes of at least 4 members (excludes halogenated alkanes) is 9. The first kappa shape index (κ1) is 21.9. The summed E-state index contributed by atoms with van der Waals surface area (Å²) in [7, 11) is 0. The number of carbonyl (C=O) groups is 1. The molecule has 0 saturated carbocycles. The molecule has 0 heterocycles. The van der Waals surface area contributed by atoms with Crippen molar-refractivity contribution in [2.45, 2.75) is 97.8 Å². The molecular weight excluding hydrogens is 340 g/mol. The molecule has 0 spiro atoms. The van der Waals surface area contributed by atoms with Crippen LogP contribution in [-0.4, -0.2) is 17.9 Å². The van der Waals surface area contributed by atoms with Gasteiger partial charge in [0.05, 0.1) is 12.0 Å². The van der Waals surface area contributed by atoms with Gasteiger partial charge in [-0.2, -0.15) is 0 Å². The fraction of sp³-hybridized carbons (Fsp3) is 0.947. The second kappa shape index (κ2) is 14.5. The lowest BCUT2D eigenvalue weighted by Crippen LogP contribution is -2.27. The summed E-state index contributed by atoms with van der Waals surface area (Å²) < 4.78 is 5.45. The van der Waals surface area contributed by atoms with Gasteiger partial charge in [-0.3, -0.25) is 4.79 Å². The third kappa shape index (κ3) is 12.5. The summed E-state index contributed by atoms with van der Waals surface area (Å²) in [6.45, 7) is 6.85. The van der Waals surface area contributed by atoms with Crippen molar-refractivity contribution in [2.75, 3.05) is 11.9 Å². The van der Waals surface area contributed by atoms with Crippen LogP contribution in [0, 0.1) is 5.41 Å². The summed E-state index contributed by atoms with van der Waals surface area (Å²) in [6, 6.07) is 0. The molecule has 0 unspecified atom stereocenters. The molecule has 0 bridgehead atoms. The van der Waals surface area contributed by atoms with E-state index >= 15 is 0 Å². The third-order valence-electron chi connectivity index (χ3n) is 4.22. The normalized spacial score (nSPS) is 11.6. The molecule has 3 heteroatoms. The maximum Gasteiger partial charge on any atom is 0.311 e. The smallest absolute Gasteiger partial charge is 0.311 e. The first-order chi connectivity index (χ1) is 10.5. The minimum Gasteiger partial charge on any atom is -0.465 e. The van der Waals surface area contributed by atoms with Crippen LogP contribution in [0.1, 0.15) is 97.8 Å². The van der Waals surface area contributed by atoms with E-state index in [1.54, 1.807) is 0 Å². The van der Waals surface area contributed by atoms with Gasteiger partial charge < -0.3 is 4.74 Å². The Morgan fingerprint density at radius 2 is 1.41 bits per heavy atom. The van der Waals surface area contributed by atoms with E-state index in [2.05, 4.69) is 22.9 Å². The predicted octanol–water partition coefficient (Wildman–Crippen LogP) is 6.65. The Morgan fingerprint density at radius 1 is 0.864 bits per heavy atom. The van der Waals surface area contributed by atoms with Gasteiger partial charge >= 0.3 is 5.97 Å². The molecule has 22 heavy (non-hydrogen) atoms. The van der Waals surface area contributed by atoms with E-state index in [0.717, 1.165) is 31.0 Å². The third-order valence-corrected chi connectivity index (χ3v) is 4.78. The summed E-state index contributed by atoms with van der Waals surface area (Å²) in [6.07, 6.45) is 14.7. The zero-order valence-corrected chi connectivity index (χ0v) is 16.7. The second-order valence-corrected chi connectivity index (χ2v) is 7.79. The van der Waals surface area contributed by atoms with Crippen molar-refractivity contribution in [3.63, 3.8) is 0 Å². The van der Waals surface area contributed by atoms with Gasteiger partial charge in [0.1, 0.15) is 0 Å². The number of ether oxygens (including phenoxy) is 1. The van der Waals surface area contributed by atoms with E-state index < -0.39 is 0 Å². The second-order valence-electron chi connectivity index (χ2n) is 6.99. The van der Waals surface area contributed by atoms with Crippen LogP contribution >= 0.6 is 15.9 Å². The molecule has 0 aromatic carbocycles. The van der Waals surface area contributed by atoms with E-state index in [9.17, 15) is 4.79 Å². The SMILES string of the molecule is CCCCCCCCCCCOC(=O)C(C)(C)CCCCBr. The van der Waals surface area contributed by atoms with Crippen LogP contribution in [0.3, 0.4) is 0 Å². The number of halogens is 1. The molecule has 0 aromatic heterocycles. The molecule has 132 valence electrons. The molecule has 0 aliphatic carbocycles. The minimum absolute atomic E-state index is 0.0263. The zero-order valence-electron chi connectivity index (χ0n) is 15.1. The molecule has 0 saturated heterocycles. The van der Waals surface area contributed by atoms with E-state index in [4.69, 9.17) is 4.74 Å². The van der Waals surface area contributed by atoms with Crippen LogP contribution in [0.25, 0.3) is 0 Å². The average molecular weight is 377 g/mol. The quantitative estimate of drug-likeness (QED) is 0.181. The Bertz CT molecular complexity index is 264. The summed E-state index contributed by atoms with van der Waals surface area (Å²) >= 11 is 3.43. The summed E-state index contributed by atoms with van der Waals surface area (Å²) in [5, 5.41) is 1.01. The van der Waals surface area contributed by atoms with Gasteiger partial charge in [0, 0.05) is 5.33 Å². The molecule has 0 aliphatic rings. The molecule has 2 nitrogen and oxygen atoms in total. The maximum atomic E-state index is 12.1. The Labute approximate surface area is 146 Å². The van der Waals surface area contributed by atoms with Crippen molar-refractivity contribution >= 4 is 21.9 Å². The fourth-order valence-corrected chi connectivity index (χ4v) is 2.93. The average Bonchev–Trinajstić information content (AvgIpc) is 2.49. The summed E-state index contributed by atoms with van der Waals surface area (Å²) in [4.78, 5) is 12.1. The van der Waals surface area contributed by atoms with E-state index in [1.165, 1.54) is 51.4 Å². The molecular formula is C19H37BrO2. The van der Waals surface area contributed by atoms with Gasteiger partial charge in [0.2, 0.25) is 0 Å². The number of carbonyl (C=O) groups excluding carboxylic acids is 1. The van der Waals surface area contributed by atoms with Crippen molar-refractivity contribution in [1.82, 2.24) is 0 Å². The standard InChI is InChI=1S/C19H37BrO2/c1-4-5-6-7-8-9-10-11-14-17-22-18(21)19(2,3)15-12-13-16-20/h4-17H2,1-3H3. The van der Waals surface area contributed by atoms with Crippen molar-refractivity contribution < 1.29 is 9.53 Å². The molecule has 0 rings (SSSR count). The van der Waals surface area contributed by atoms with Crippen LogP contribution < -0.4 is 0 Å². The highest BCUT2D eigenvalue weighted by Crippen LogP contribution is 2.25. The Morgan fingerprint density at radius 3 is 1.95 bits per heavy atom.